The summed E-state index contributed by atoms with van der Waals surface area (Å²) in [6, 6.07) is 6.81. The van der Waals surface area contributed by atoms with Gasteiger partial charge in [0.15, 0.2) is 0 Å². The first kappa shape index (κ1) is 12.0. The molecule has 1 N–H and O–H groups in total. The molecule has 0 saturated carbocycles. The van der Waals surface area contributed by atoms with Gasteiger partial charge in [-0.3, -0.25) is 9.78 Å². The Morgan fingerprint density at radius 1 is 1.39 bits per heavy atom. The first-order valence-corrected chi connectivity index (χ1v) is 5.26. The van der Waals surface area contributed by atoms with Gasteiger partial charge >= 0.3 is 0 Å². The highest BCUT2D eigenvalue weighted by molar-refractivity contribution is 6.05. The van der Waals surface area contributed by atoms with Gasteiger partial charge in [-0.15, -0.1) is 0 Å². The molecule has 4 nitrogen and oxygen atoms in total. The van der Waals surface area contributed by atoms with Crippen molar-refractivity contribution in [3.8, 4) is 5.75 Å². The van der Waals surface area contributed by atoms with Crippen LogP contribution in [0.25, 0.3) is 0 Å². The quantitative estimate of drug-likeness (QED) is 0.883. The molecule has 2 aromatic rings. The van der Waals surface area contributed by atoms with E-state index in [1.807, 2.05) is 0 Å². The Labute approximate surface area is 103 Å². The van der Waals surface area contributed by atoms with Gasteiger partial charge in [-0.05, 0) is 24.3 Å². The summed E-state index contributed by atoms with van der Waals surface area (Å²) >= 11 is 0. The molecule has 18 heavy (non-hydrogen) atoms. The number of nitrogens with zero attached hydrogens (tertiary/aromatic N) is 2. The van der Waals surface area contributed by atoms with Crippen LogP contribution in [0.4, 0.5) is 10.1 Å². The van der Waals surface area contributed by atoms with Crippen LogP contribution < -0.4 is 4.90 Å². The highest BCUT2D eigenvalue weighted by Crippen LogP contribution is 2.19. The van der Waals surface area contributed by atoms with Crippen LogP contribution in [0, 0.1) is 5.82 Å². The SMILES string of the molecule is CN(C(=O)c1ccc(O)cc1F)c1cccnc1. The van der Waals surface area contributed by atoms with Crippen LogP contribution in [-0.4, -0.2) is 23.0 Å². The monoisotopic (exact) mass is 246 g/mol. The number of halogens is 1. The van der Waals surface area contributed by atoms with Crippen LogP contribution in [-0.2, 0) is 0 Å². The van der Waals surface area contributed by atoms with Crippen LogP contribution in [0.5, 0.6) is 5.75 Å². The molecule has 0 atom stereocenters. The highest BCUT2D eigenvalue weighted by atomic mass is 19.1. The fraction of sp³-hybridized carbons (Fsp3) is 0.0769. The smallest absolute Gasteiger partial charge is 0.261 e. The minimum Gasteiger partial charge on any atom is -0.508 e. The van der Waals surface area contributed by atoms with E-state index in [4.69, 9.17) is 5.11 Å². The van der Waals surface area contributed by atoms with E-state index in [0.717, 1.165) is 6.07 Å². The normalized spacial score (nSPS) is 10.1. The minimum atomic E-state index is -0.754. The predicted molar refractivity (Wildman–Crippen MR) is 65.0 cm³/mol. The van der Waals surface area contributed by atoms with Gasteiger partial charge in [0, 0.05) is 19.3 Å². The molecule has 1 aromatic heterocycles. The number of amides is 1. The number of carbonyl (C=O) groups is 1. The molecule has 1 aromatic carbocycles. The highest BCUT2D eigenvalue weighted by Gasteiger charge is 2.17. The maximum Gasteiger partial charge on any atom is 0.261 e. The summed E-state index contributed by atoms with van der Waals surface area (Å²) in [5, 5.41) is 9.10. The lowest BCUT2D eigenvalue weighted by Crippen LogP contribution is -2.27. The average Bonchev–Trinajstić information content (AvgIpc) is 2.38. The lowest BCUT2D eigenvalue weighted by Gasteiger charge is -2.17. The molecular weight excluding hydrogens is 235 g/mol. The van der Waals surface area contributed by atoms with E-state index in [0.29, 0.717) is 5.69 Å². The van der Waals surface area contributed by atoms with Crippen LogP contribution >= 0.6 is 0 Å². The van der Waals surface area contributed by atoms with Crippen LogP contribution in [0.15, 0.2) is 42.7 Å². The Bertz CT molecular complexity index is 572. The van der Waals surface area contributed by atoms with Gasteiger partial charge in [-0.1, -0.05) is 0 Å². The number of aromatic nitrogens is 1. The molecule has 0 radical (unpaired) electrons. The lowest BCUT2D eigenvalue weighted by molar-refractivity contribution is 0.0989. The number of aromatic hydroxyl groups is 1. The topological polar surface area (TPSA) is 53.4 Å². The molecule has 0 bridgehead atoms. The van der Waals surface area contributed by atoms with Gasteiger partial charge in [0.1, 0.15) is 11.6 Å². The molecule has 0 saturated heterocycles. The minimum absolute atomic E-state index is 0.0980. The first-order valence-electron chi connectivity index (χ1n) is 5.26. The van der Waals surface area contributed by atoms with Gasteiger partial charge in [-0.25, -0.2) is 4.39 Å². The van der Waals surface area contributed by atoms with Crippen LogP contribution in [0.2, 0.25) is 0 Å². The number of hydrogen-bond acceptors (Lipinski definition) is 3. The third kappa shape index (κ3) is 2.29. The average molecular weight is 246 g/mol. The standard InChI is InChI=1S/C13H11FN2O2/c1-16(9-3-2-6-15-8-9)13(18)11-5-4-10(17)7-12(11)14/h2-8,17H,1H3. The zero-order chi connectivity index (χ0) is 13.1. The molecule has 5 heteroatoms. The van der Waals surface area contributed by atoms with Crippen molar-refractivity contribution in [1.29, 1.82) is 0 Å². The molecular formula is C13H11FN2O2. The maximum absolute atomic E-state index is 13.6. The summed E-state index contributed by atoms with van der Waals surface area (Å²) in [5.41, 5.74) is 0.467. The molecule has 92 valence electrons. The van der Waals surface area contributed by atoms with E-state index < -0.39 is 11.7 Å². The second-order valence-corrected chi connectivity index (χ2v) is 3.74. The van der Waals surface area contributed by atoms with Crippen molar-refractivity contribution in [1.82, 2.24) is 4.98 Å². The van der Waals surface area contributed by atoms with E-state index in [9.17, 15) is 9.18 Å². The number of rotatable bonds is 2. The van der Waals surface area contributed by atoms with Crippen LogP contribution in [0.3, 0.4) is 0 Å². The Morgan fingerprint density at radius 2 is 2.17 bits per heavy atom. The van der Waals surface area contributed by atoms with Gasteiger partial charge in [0.2, 0.25) is 0 Å². The number of hydrogen-bond donors (Lipinski definition) is 1. The Morgan fingerprint density at radius 3 is 2.78 bits per heavy atom. The molecule has 0 aliphatic carbocycles. The third-order valence-corrected chi connectivity index (χ3v) is 2.52. The molecule has 0 unspecified atom stereocenters. The van der Waals surface area contributed by atoms with Crippen molar-refractivity contribution < 1.29 is 14.3 Å². The maximum atomic E-state index is 13.6. The zero-order valence-electron chi connectivity index (χ0n) is 9.67. The first-order chi connectivity index (χ1) is 8.59. The Balaban J connectivity index is 2.32. The van der Waals surface area contributed by atoms with E-state index in [-0.39, 0.29) is 11.3 Å². The largest absolute Gasteiger partial charge is 0.508 e. The number of phenols is 1. The lowest BCUT2D eigenvalue weighted by atomic mass is 10.1. The van der Waals surface area contributed by atoms with E-state index in [2.05, 4.69) is 4.98 Å². The molecule has 0 spiro atoms. The van der Waals surface area contributed by atoms with E-state index >= 15 is 0 Å². The summed E-state index contributed by atoms with van der Waals surface area (Å²) in [5.74, 6) is -1.47. The van der Waals surface area contributed by atoms with Crippen molar-refractivity contribution >= 4 is 11.6 Å². The van der Waals surface area contributed by atoms with Gasteiger partial charge < -0.3 is 10.0 Å². The number of carbonyl (C=O) groups excluding carboxylic acids is 1. The number of phenolic OH excluding ortho intramolecular Hbond substituents is 1. The fourth-order valence-electron chi connectivity index (χ4n) is 1.53. The van der Waals surface area contributed by atoms with E-state index in [1.165, 1.54) is 30.3 Å². The van der Waals surface area contributed by atoms with Crippen molar-refractivity contribution in [2.24, 2.45) is 0 Å². The molecule has 1 amide bonds. The van der Waals surface area contributed by atoms with Crippen molar-refractivity contribution in [3.05, 3.63) is 54.1 Å². The van der Waals surface area contributed by atoms with Crippen molar-refractivity contribution in [2.75, 3.05) is 11.9 Å². The third-order valence-electron chi connectivity index (χ3n) is 2.52. The zero-order valence-corrected chi connectivity index (χ0v) is 9.67. The van der Waals surface area contributed by atoms with Crippen molar-refractivity contribution in [2.45, 2.75) is 0 Å². The molecule has 0 aliphatic rings. The van der Waals surface area contributed by atoms with Gasteiger partial charge in [-0.2, -0.15) is 0 Å². The molecule has 0 fully saturated rings. The molecule has 1 heterocycles. The van der Waals surface area contributed by atoms with Gasteiger partial charge in [0.05, 0.1) is 17.4 Å². The Hall–Kier alpha value is -2.43. The second-order valence-electron chi connectivity index (χ2n) is 3.74. The predicted octanol–water partition coefficient (Wildman–Crippen LogP) is 2.20. The van der Waals surface area contributed by atoms with Crippen LogP contribution in [0.1, 0.15) is 10.4 Å². The summed E-state index contributed by atoms with van der Waals surface area (Å²) in [6.45, 7) is 0. The summed E-state index contributed by atoms with van der Waals surface area (Å²) in [4.78, 5) is 17.2. The Kier molecular flexibility index (Phi) is 3.23. The summed E-state index contributed by atoms with van der Waals surface area (Å²) < 4.78 is 13.6. The fourth-order valence-corrected chi connectivity index (χ4v) is 1.53. The van der Waals surface area contributed by atoms with E-state index in [1.54, 1.807) is 18.3 Å². The van der Waals surface area contributed by atoms with Crippen molar-refractivity contribution in [3.63, 3.8) is 0 Å². The number of anilines is 1. The number of pyridine rings is 1. The second kappa shape index (κ2) is 4.83. The van der Waals surface area contributed by atoms with Gasteiger partial charge in [0.25, 0.3) is 5.91 Å². The molecule has 2 rings (SSSR count). The number of benzene rings is 1. The summed E-state index contributed by atoms with van der Waals surface area (Å²) in [6.07, 6.45) is 3.10. The molecule has 0 aliphatic heterocycles. The summed E-state index contributed by atoms with van der Waals surface area (Å²) in [7, 11) is 1.53.